The molecule has 0 bridgehead atoms. The van der Waals surface area contributed by atoms with Crippen LogP contribution < -0.4 is 11.1 Å². The molecule has 0 fully saturated rings. The molecular formula is C21H11BrCl2N2O3. The molecule has 0 heterocycles. The number of rotatable bonds is 2. The van der Waals surface area contributed by atoms with Gasteiger partial charge in [0.05, 0.1) is 33.1 Å². The van der Waals surface area contributed by atoms with Gasteiger partial charge in [-0.15, -0.1) is 0 Å². The summed E-state index contributed by atoms with van der Waals surface area (Å²) in [5, 5.41) is 3.19. The molecule has 0 spiro atoms. The highest BCUT2D eigenvalue weighted by molar-refractivity contribution is 9.10. The lowest BCUT2D eigenvalue weighted by Crippen LogP contribution is -2.25. The molecule has 1 amide bonds. The predicted octanol–water partition coefficient (Wildman–Crippen LogP) is 5.37. The molecule has 4 rings (SSSR count). The molecule has 5 nitrogen and oxygen atoms in total. The number of hydrogen-bond acceptors (Lipinski definition) is 4. The summed E-state index contributed by atoms with van der Waals surface area (Å²) in [6.45, 7) is 0. The van der Waals surface area contributed by atoms with Gasteiger partial charge in [0.15, 0.2) is 11.6 Å². The van der Waals surface area contributed by atoms with Crippen molar-refractivity contribution in [1.82, 2.24) is 0 Å². The minimum Gasteiger partial charge on any atom is -0.397 e. The second-order valence-corrected chi connectivity index (χ2v) is 8.05. The number of benzene rings is 3. The molecule has 0 unspecified atom stereocenters. The zero-order valence-electron chi connectivity index (χ0n) is 14.6. The monoisotopic (exact) mass is 488 g/mol. The zero-order valence-corrected chi connectivity index (χ0v) is 17.7. The molecule has 1 aliphatic carbocycles. The summed E-state index contributed by atoms with van der Waals surface area (Å²) in [4.78, 5) is 39.0. The fourth-order valence-electron chi connectivity index (χ4n) is 3.25. The number of nitrogen functional groups attached to an aromatic ring is 1. The quantitative estimate of drug-likeness (QED) is 0.370. The van der Waals surface area contributed by atoms with E-state index in [-0.39, 0.29) is 50.0 Å². The van der Waals surface area contributed by atoms with E-state index in [1.807, 2.05) is 0 Å². The van der Waals surface area contributed by atoms with E-state index in [0.717, 1.165) is 0 Å². The first-order valence-corrected chi connectivity index (χ1v) is 9.91. The third kappa shape index (κ3) is 3.23. The maximum Gasteiger partial charge on any atom is 0.257 e. The summed E-state index contributed by atoms with van der Waals surface area (Å²) in [6, 6.07) is 12.4. The standard InChI is InChI=1S/C21H11BrCl2N2O3/c22-13-8-15(26-21(29)12-7-9(23)5-6-14(12)24)16-17(18(13)25)20(28)11-4-2-1-3-10(11)19(16)27/h1-8H,25H2,(H,26,29). The Hall–Kier alpha value is -2.67. The first-order valence-electron chi connectivity index (χ1n) is 8.36. The third-order valence-corrected chi connectivity index (χ3v) is 5.83. The number of anilines is 2. The van der Waals surface area contributed by atoms with E-state index < -0.39 is 11.7 Å². The molecule has 8 heteroatoms. The van der Waals surface area contributed by atoms with Gasteiger partial charge in [-0.05, 0) is 40.2 Å². The van der Waals surface area contributed by atoms with Crippen molar-refractivity contribution in [2.24, 2.45) is 0 Å². The highest BCUT2D eigenvalue weighted by Crippen LogP contribution is 2.39. The van der Waals surface area contributed by atoms with Crippen LogP contribution in [0, 0.1) is 0 Å². The molecule has 0 aliphatic heterocycles. The summed E-state index contributed by atoms with van der Waals surface area (Å²) < 4.78 is 0.379. The van der Waals surface area contributed by atoms with Crippen molar-refractivity contribution in [3.05, 3.63) is 90.9 Å². The SMILES string of the molecule is Nc1c(Br)cc(NC(=O)c2cc(Cl)ccc2Cl)c2c1C(=O)c1ccccc1C2=O. The number of fused-ring (bicyclic) bond motifs is 2. The highest BCUT2D eigenvalue weighted by Gasteiger charge is 2.34. The molecular weight excluding hydrogens is 479 g/mol. The van der Waals surface area contributed by atoms with Crippen LogP contribution in [0.1, 0.15) is 42.2 Å². The van der Waals surface area contributed by atoms with Gasteiger partial charge in [-0.2, -0.15) is 0 Å². The Bertz CT molecular complexity index is 1240. The minimum absolute atomic E-state index is 0.0425. The molecule has 1 aliphatic rings. The van der Waals surface area contributed by atoms with E-state index in [4.69, 9.17) is 28.9 Å². The van der Waals surface area contributed by atoms with Crippen LogP contribution in [0.2, 0.25) is 10.0 Å². The van der Waals surface area contributed by atoms with Crippen molar-refractivity contribution in [1.29, 1.82) is 0 Å². The maximum absolute atomic E-state index is 13.2. The lowest BCUT2D eigenvalue weighted by Gasteiger charge is -2.23. The van der Waals surface area contributed by atoms with Gasteiger partial charge >= 0.3 is 0 Å². The number of amides is 1. The van der Waals surface area contributed by atoms with Crippen molar-refractivity contribution in [2.45, 2.75) is 0 Å². The third-order valence-electron chi connectivity index (χ3n) is 4.61. The number of halogens is 3. The first kappa shape index (κ1) is 19.6. The number of carbonyl (C=O) groups is 3. The minimum atomic E-state index is -0.574. The molecule has 0 saturated carbocycles. The lowest BCUT2D eigenvalue weighted by atomic mass is 9.82. The Morgan fingerprint density at radius 3 is 2.21 bits per heavy atom. The summed E-state index contributed by atoms with van der Waals surface area (Å²) in [5.74, 6) is -1.36. The van der Waals surface area contributed by atoms with Crippen LogP contribution in [0.3, 0.4) is 0 Å². The molecule has 3 aromatic rings. The fourth-order valence-corrected chi connectivity index (χ4v) is 4.05. The Morgan fingerprint density at radius 1 is 0.931 bits per heavy atom. The van der Waals surface area contributed by atoms with Crippen molar-refractivity contribution in [3.63, 3.8) is 0 Å². The molecule has 0 radical (unpaired) electrons. The second kappa shape index (κ2) is 7.30. The number of nitrogens with two attached hydrogens (primary N) is 1. The van der Waals surface area contributed by atoms with Crippen LogP contribution in [0.4, 0.5) is 11.4 Å². The number of ketones is 2. The Kier molecular flexibility index (Phi) is 4.94. The van der Waals surface area contributed by atoms with Gasteiger partial charge in [-0.3, -0.25) is 14.4 Å². The van der Waals surface area contributed by atoms with Gasteiger partial charge in [0.2, 0.25) is 0 Å². The van der Waals surface area contributed by atoms with Crippen molar-refractivity contribution >= 4 is 68.0 Å². The average molecular weight is 490 g/mol. The van der Waals surface area contributed by atoms with Crippen molar-refractivity contribution < 1.29 is 14.4 Å². The van der Waals surface area contributed by atoms with Crippen LogP contribution in [0.25, 0.3) is 0 Å². The summed E-state index contributed by atoms with van der Waals surface area (Å²) in [6.07, 6.45) is 0. The molecule has 144 valence electrons. The van der Waals surface area contributed by atoms with E-state index in [9.17, 15) is 14.4 Å². The average Bonchev–Trinajstić information content (AvgIpc) is 2.70. The normalized spacial score (nSPS) is 12.4. The van der Waals surface area contributed by atoms with Gasteiger partial charge in [0.1, 0.15) is 0 Å². The van der Waals surface area contributed by atoms with Crippen molar-refractivity contribution in [3.8, 4) is 0 Å². The topological polar surface area (TPSA) is 89.3 Å². The number of carbonyl (C=O) groups excluding carboxylic acids is 3. The van der Waals surface area contributed by atoms with E-state index >= 15 is 0 Å². The maximum atomic E-state index is 13.2. The number of nitrogens with one attached hydrogen (secondary N) is 1. The van der Waals surface area contributed by atoms with E-state index in [0.29, 0.717) is 9.50 Å². The first-order chi connectivity index (χ1) is 13.8. The summed E-state index contributed by atoms with van der Waals surface area (Å²) in [5.41, 5.74) is 7.13. The van der Waals surface area contributed by atoms with Crippen LogP contribution >= 0.6 is 39.1 Å². The Labute approximate surface area is 183 Å². The molecule has 3 N–H and O–H groups in total. The van der Waals surface area contributed by atoms with Crippen molar-refractivity contribution in [2.75, 3.05) is 11.1 Å². The van der Waals surface area contributed by atoms with E-state index in [2.05, 4.69) is 21.2 Å². The fraction of sp³-hybridized carbons (Fsp3) is 0. The molecule has 0 saturated heterocycles. The summed E-state index contributed by atoms with van der Waals surface area (Å²) >= 11 is 15.4. The highest BCUT2D eigenvalue weighted by atomic mass is 79.9. The zero-order chi connectivity index (χ0) is 20.9. The molecule has 0 atom stereocenters. The summed E-state index contributed by atoms with van der Waals surface area (Å²) in [7, 11) is 0. The van der Waals surface area contributed by atoms with Crippen LogP contribution in [0.5, 0.6) is 0 Å². The van der Waals surface area contributed by atoms with Gasteiger partial charge in [0.25, 0.3) is 5.91 Å². The van der Waals surface area contributed by atoms with Gasteiger partial charge < -0.3 is 11.1 Å². The van der Waals surface area contributed by atoms with Crippen LogP contribution in [0.15, 0.2) is 53.0 Å². The van der Waals surface area contributed by atoms with Gasteiger partial charge in [-0.1, -0.05) is 47.5 Å². The Balaban J connectivity index is 1.87. The number of hydrogen-bond donors (Lipinski definition) is 2. The van der Waals surface area contributed by atoms with E-state index in [1.165, 1.54) is 18.2 Å². The Morgan fingerprint density at radius 2 is 1.55 bits per heavy atom. The van der Waals surface area contributed by atoms with Crippen LogP contribution in [-0.4, -0.2) is 17.5 Å². The smallest absolute Gasteiger partial charge is 0.257 e. The van der Waals surface area contributed by atoms with Gasteiger partial charge in [-0.25, -0.2) is 0 Å². The predicted molar refractivity (Wildman–Crippen MR) is 116 cm³/mol. The van der Waals surface area contributed by atoms with Gasteiger partial charge in [0, 0.05) is 20.6 Å². The molecule has 3 aromatic carbocycles. The van der Waals surface area contributed by atoms with Crippen LogP contribution in [-0.2, 0) is 0 Å². The second-order valence-electron chi connectivity index (χ2n) is 6.35. The van der Waals surface area contributed by atoms with E-state index in [1.54, 1.807) is 30.3 Å². The molecule has 29 heavy (non-hydrogen) atoms. The lowest BCUT2D eigenvalue weighted by molar-refractivity contribution is 0.0979. The molecule has 0 aromatic heterocycles. The largest absolute Gasteiger partial charge is 0.397 e.